The summed E-state index contributed by atoms with van der Waals surface area (Å²) in [5.74, 6) is 0. The molecule has 5 nitrogen and oxygen atoms in total. The van der Waals surface area contributed by atoms with Gasteiger partial charge in [-0.25, -0.2) is 8.42 Å². The van der Waals surface area contributed by atoms with Crippen LogP contribution in [0.15, 0.2) is 0 Å². The molecule has 0 atom stereocenters. The molecule has 0 aromatic carbocycles. The monoisotopic (exact) mass is 220 g/mol. The second-order valence-corrected chi connectivity index (χ2v) is 4.54. The van der Waals surface area contributed by atoms with Crippen LogP contribution in [0.5, 0.6) is 0 Å². The molecule has 0 aliphatic heterocycles. The summed E-state index contributed by atoms with van der Waals surface area (Å²) in [5, 5.41) is 9.38. The van der Waals surface area contributed by atoms with Crippen molar-refractivity contribution in [3.8, 4) is 0 Å². The van der Waals surface area contributed by atoms with Crippen molar-refractivity contribution in [3.05, 3.63) is 0 Å². The molecule has 0 aromatic heterocycles. The molecule has 0 heterocycles. The molecule has 0 spiro atoms. The quantitative estimate of drug-likeness (QED) is 0.311. The Morgan fingerprint density at radius 3 is 1.62 bits per heavy atom. The molecule has 7 heteroatoms. The average molecular weight is 220 g/mol. The zero-order chi connectivity index (χ0) is 10.2. The summed E-state index contributed by atoms with van der Waals surface area (Å²) < 4.78 is 34.8. The molecule has 0 unspecified atom stereocenters. The van der Waals surface area contributed by atoms with Crippen molar-refractivity contribution in [2.24, 2.45) is 0 Å². The minimum atomic E-state index is -4.77. The Balaban J connectivity index is 0. The van der Waals surface area contributed by atoms with Crippen molar-refractivity contribution in [2.75, 3.05) is 0 Å². The van der Waals surface area contributed by atoms with Crippen molar-refractivity contribution in [2.45, 2.75) is 38.9 Å². The van der Waals surface area contributed by atoms with Crippen molar-refractivity contribution >= 4 is 10.4 Å². The van der Waals surface area contributed by atoms with Crippen LogP contribution in [0, 0.1) is 0 Å². The average Bonchev–Trinajstić information content (AvgIpc) is 1.52. The first kappa shape index (κ1) is 16.3. The van der Waals surface area contributed by atoms with E-state index in [2.05, 4.69) is 4.18 Å². The molecular weight excluding hydrogens is 207 g/mol. The van der Waals surface area contributed by atoms with Crippen molar-refractivity contribution < 1.29 is 51.8 Å². The summed E-state index contributed by atoms with van der Waals surface area (Å²) in [6, 6.07) is 0. The van der Waals surface area contributed by atoms with Crippen LogP contribution in [-0.4, -0.2) is 29.3 Å². The zero-order valence-corrected chi connectivity index (χ0v) is 11.3. The van der Waals surface area contributed by atoms with E-state index in [1.807, 2.05) is 0 Å². The van der Waals surface area contributed by atoms with Gasteiger partial charge in [0.25, 0.3) is 0 Å². The van der Waals surface area contributed by atoms with Gasteiger partial charge in [-0.15, -0.1) is 0 Å². The Hall–Kier alpha value is 0.830. The summed E-state index contributed by atoms with van der Waals surface area (Å²) in [6.45, 7) is 5.36. The molecule has 13 heavy (non-hydrogen) atoms. The summed E-state index contributed by atoms with van der Waals surface area (Å²) in [7, 11) is -4.77. The smallest absolute Gasteiger partial charge is 0.726 e. The predicted molar refractivity (Wildman–Crippen MR) is 41.2 cm³/mol. The first-order valence-corrected chi connectivity index (χ1v) is 4.68. The van der Waals surface area contributed by atoms with Crippen LogP contribution in [0.2, 0.25) is 0 Å². The van der Waals surface area contributed by atoms with E-state index >= 15 is 0 Å². The van der Waals surface area contributed by atoms with E-state index in [0.29, 0.717) is 0 Å². The fraction of sp³-hybridized carbons (Fsp3) is 1.00. The molecule has 0 aliphatic carbocycles. The normalized spacial score (nSPS) is 13.7. The fourth-order valence-electron chi connectivity index (χ4n) is 0.357. The Morgan fingerprint density at radius 1 is 1.23 bits per heavy atom. The van der Waals surface area contributed by atoms with Crippen LogP contribution in [0.4, 0.5) is 0 Å². The van der Waals surface area contributed by atoms with Gasteiger partial charge >= 0.3 is 29.6 Å². The molecule has 0 radical (unpaired) electrons. The van der Waals surface area contributed by atoms with Crippen LogP contribution in [0.3, 0.4) is 0 Å². The van der Waals surface area contributed by atoms with Gasteiger partial charge in [0.1, 0.15) is 5.60 Å². The van der Waals surface area contributed by atoms with Crippen molar-refractivity contribution in [1.29, 1.82) is 0 Å². The second-order valence-electron chi connectivity index (χ2n) is 3.56. The van der Waals surface area contributed by atoms with Crippen LogP contribution in [-0.2, 0) is 14.6 Å². The van der Waals surface area contributed by atoms with Crippen LogP contribution < -0.4 is 29.6 Å². The Bertz CT molecular complexity index is 251. The van der Waals surface area contributed by atoms with E-state index < -0.39 is 21.6 Å². The van der Waals surface area contributed by atoms with Crippen LogP contribution in [0.1, 0.15) is 27.7 Å². The second kappa shape index (κ2) is 4.57. The van der Waals surface area contributed by atoms with Crippen LogP contribution in [0.25, 0.3) is 0 Å². The van der Waals surface area contributed by atoms with Gasteiger partial charge in [-0.3, -0.25) is 4.18 Å². The Morgan fingerprint density at radius 2 is 1.54 bits per heavy atom. The third-order valence-electron chi connectivity index (χ3n) is 1.78. The van der Waals surface area contributed by atoms with Gasteiger partial charge in [-0.2, -0.15) is 0 Å². The predicted octanol–water partition coefficient (Wildman–Crippen LogP) is -2.98. The van der Waals surface area contributed by atoms with Gasteiger partial charge in [-0.1, -0.05) is 0 Å². The van der Waals surface area contributed by atoms with Gasteiger partial charge in [0.2, 0.25) is 10.4 Å². The van der Waals surface area contributed by atoms with Crippen molar-refractivity contribution in [3.63, 3.8) is 0 Å². The first-order valence-electron chi connectivity index (χ1n) is 3.34. The van der Waals surface area contributed by atoms with Gasteiger partial charge < -0.3 is 9.66 Å². The molecule has 0 aromatic rings. The number of rotatable bonds is 3. The molecule has 0 rings (SSSR count). The molecular formula is C6H13NaO5S. The van der Waals surface area contributed by atoms with E-state index in [-0.39, 0.29) is 29.6 Å². The molecule has 1 N–H and O–H groups in total. The van der Waals surface area contributed by atoms with E-state index in [1.165, 1.54) is 27.7 Å². The molecule has 74 valence electrons. The fourth-order valence-corrected chi connectivity index (χ4v) is 1.07. The van der Waals surface area contributed by atoms with E-state index in [9.17, 15) is 18.1 Å². The minimum Gasteiger partial charge on any atom is -0.726 e. The maximum absolute atomic E-state index is 10.2. The Labute approximate surface area is 101 Å². The van der Waals surface area contributed by atoms with Gasteiger partial charge in [0.15, 0.2) is 0 Å². The largest absolute Gasteiger partial charge is 1.00 e. The summed E-state index contributed by atoms with van der Waals surface area (Å²) in [6.07, 6.45) is 0. The summed E-state index contributed by atoms with van der Waals surface area (Å²) in [4.78, 5) is 0. The third kappa shape index (κ3) is 6.01. The van der Waals surface area contributed by atoms with Gasteiger partial charge in [0, 0.05) is 0 Å². The third-order valence-corrected chi connectivity index (χ3v) is 2.40. The number of hydrogen-bond acceptors (Lipinski definition) is 5. The maximum Gasteiger partial charge on any atom is 1.00 e. The first-order chi connectivity index (χ1) is 4.96. The van der Waals surface area contributed by atoms with Crippen LogP contribution >= 0.6 is 0 Å². The minimum absolute atomic E-state index is 0. The molecule has 0 saturated carbocycles. The van der Waals surface area contributed by atoms with E-state index in [0.717, 1.165) is 0 Å². The SMILES string of the molecule is CC(C)(O)C(C)(C)OS(=O)(=O)[O-].[Na+]. The van der Waals surface area contributed by atoms with Crippen molar-refractivity contribution in [1.82, 2.24) is 0 Å². The van der Waals surface area contributed by atoms with E-state index in [1.54, 1.807) is 0 Å². The molecule has 0 amide bonds. The number of hydrogen-bond donors (Lipinski definition) is 1. The van der Waals surface area contributed by atoms with E-state index in [4.69, 9.17) is 0 Å². The summed E-state index contributed by atoms with van der Waals surface area (Å²) >= 11 is 0. The Kier molecular flexibility index (Phi) is 5.71. The molecule has 0 saturated heterocycles. The van der Waals surface area contributed by atoms with Gasteiger partial charge in [0.05, 0.1) is 5.60 Å². The topological polar surface area (TPSA) is 86.7 Å². The molecule has 0 aliphatic rings. The summed E-state index contributed by atoms with van der Waals surface area (Å²) in [5.41, 5.74) is -2.82. The maximum atomic E-state index is 10.2. The standard InChI is InChI=1S/C6H14O5S.Na/c1-5(2,7)6(3,4)11-12(8,9)10;/h7H,1-4H3,(H,8,9,10);/q;+1/p-1. The molecule has 0 bridgehead atoms. The zero-order valence-electron chi connectivity index (χ0n) is 8.49. The van der Waals surface area contributed by atoms with Gasteiger partial charge in [-0.05, 0) is 27.7 Å². The molecule has 0 fully saturated rings. The number of aliphatic hydroxyl groups is 1.